The summed E-state index contributed by atoms with van der Waals surface area (Å²) in [6, 6.07) is 17.5. The molecule has 1 heterocycles. The van der Waals surface area contributed by atoms with Gasteiger partial charge in [-0.25, -0.2) is 13.1 Å². The molecule has 9 heteroatoms. The van der Waals surface area contributed by atoms with Crippen molar-refractivity contribution in [3.05, 3.63) is 65.7 Å². The summed E-state index contributed by atoms with van der Waals surface area (Å²) in [5.74, 6) is 0.513. The molecule has 0 aliphatic rings. The van der Waals surface area contributed by atoms with Crippen LogP contribution in [0.2, 0.25) is 5.02 Å². The van der Waals surface area contributed by atoms with E-state index in [2.05, 4.69) is 14.9 Å². The van der Waals surface area contributed by atoms with E-state index in [1.54, 1.807) is 18.2 Å². The lowest BCUT2D eigenvalue weighted by Crippen LogP contribution is -2.28. The van der Waals surface area contributed by atoms with E-state index < -0.39 is 10.0 Å². The minimum absolute atomic E-state index is 0.0329. The van der Waals surface area contributed by atoms with Crippen LogP contribution in [0.4, 0.5) is 0 Å². The van der Waals surface area contributed by atoms with Gasteiger partial charge in [0.05, 0.1) is 12.8 Å². The number of halogens is 1. The maximum Gasteiger partial charge on any atom is 0.244 e. The highest BCUT2D eigenvalue weighted by Gasteiger charge is 2.19. The monoisotopic (exact) mass is 419 g/mol. The van der Waals surface area contributed by atoms with Crippen LogP contribution in [-0.2, 0) is 10.0 Å². The van der Waals surface area contributed by atoms with Crippen LogP contribution >= 0.6 is 11.6 Å². The molecule has 0 fully saturated rings. The van der Waals surface area contributed by atoms with E-state index in [4.69, 9.17) is 21.1 Å². The summed E-state index contributed by atoms with van der Waals surface area (Å²) in [6.45, 7) is 0.127. The van der Waals surface area contributed by atoms with Crippen LogP contribution in [0, 0.1) is 0 Å². The Morgan fingerprint density at radius 3 is 2.50 bits per heavy atom. The van der Waals surface area contributed by atoms with E-state index in [0.717, 1.165) is 11.3 Å². The normalized spacial score (nSPS) is 11.2. The Labute approximate surface area is 168 Å². The molecule has 7 nitrogen and oxygen atoms in total. The van der Waals surface area contributed by atoms with Crippen molar-refractivity contribution in [2.24, 2.45) is 0 Å². The van der Waals surface area contributed by atoms with Gasteiger partial charge in [-0.2, -0.15) is 0 Å². The number of benzene rings is 2. The molecule has 2 aromatic carbocycles. The minimum atomic E-state index is -3.80. The molecule has 0 aliphatic heterocycles. The fourth-order valence-corrected chi connectivity index (χ4v) is 3.87. The Morgan fingerprint density at radius 1 is 1.04 bits per heavy atom. The Balaban J connectivity index is 1.56. The molecule has 0 amide bonds. The van der Waals surface area contributed by atoms with Gasteiger partial charge in [-0.05, 0) is 24.3 Å². The predicted octanol–water partition coefficient (Wildman–Crippen LogP) is 3.16. The van der Waals surface area contributed by atoms with Crippen molar-refractivity contribution in [3.8, 4) is 22.9 Å². The van der Waals surface area contributed by atoms with Gasteiger partial charge in [0.25, 0.3) is 0 Å². The summed E-state index contributed by atoms with van der Waals surface area (Å²) in [5, 5.41) is 8.41. The van der Waals surface area contributed by atoms with Gasteiger partial charge in [-0.1, -0.05) is 41.9 Å². The Kier molecular flexibility index (Phi) is 6.45. The topological polar surface area (TPSA) is 90.4 Å². The van der Waals surface area contributed by atoms with Crippen molar-refractivity contribution in [2.45, 2.75) is 4.90 Å². The summed E-state index contributed by atoms with van der Waals surface area (Å²) in [5.41, 5.74) is 1.67. The lowest BCUT2D eigenvalue weighted by Gasteiger charge is -2.11. The number of hydrogen-bond acceptors (Lipinski definition) is 6. The number of hydrogen-bond donors (Lipinski definition) is 1. The number of aromatic nitrogens is 2. The molecule has 0 bridgehead atoms. The van der Waals surface area contributed by atoms with Crippen molar-refractivity contribution in [3.63, 3.8) is 0 Å². The largest absolute Gasteiger partial charge is 0.495 e. The molecule has 0 radical (unpaired) electrons. The molecule has 0 saturated carbocycles. The van der Waals surface area contributed by atoms with Crippen molar-refractivity contribution < 1.29 is 17.9 Å². The van der Waals surface area contributed by atoms with E-state index in [0.29, 0.717) is 10.9 Å². The van der Waals surface area contributed by atoms with Gasteiger partial charge < -0.3 is 9.47 Å². The van der Waals surface area contributed by atoms with Crippen molar-refractivity contribution in [2.75, 3.05) is 20.3 Å². The van der Waals surface area contributed by atoms with E-state index in [9.17, 15) is 8.42 Å². The third kappa shape index (κ3) is 4.98. The maximum atomic E-state index is 12.4. The number of nitrogens with one attached hydrogen (secondary N) is 1. The van der Waals surface area contributed by atoms with Crippen molar-refractivity contribution in [1.29, 1.82) is 0 Å². The number of rotatable bonds is 8. The number of sulfonamides is 1. The second-order valence-corrected chi connectivity index (χ2v) is 7.84. The third-order valence-electron chi connectivity index (χ3n) is 3.77. The average Bonchev–Trinajstić information content (AvgIpc) is 2.72. The highest BCUT2D eigenvalue weighted by Crippen LogP contribution is 2.26. The molecule has 1 aromatic heterocycles. The fourth-order valence-electron chi connectivity index (χ4n) is 2.43. The molecular formula is C19H18ClN3O4S. The third-order valence-corrected chi connectivity index (χ3v) is 5.49. The van der Waals surface area contributed by atoms with E-state index >= 15 is 0 Å². The van der Waals surface area contributed by atoms with Gasteiger partial charge in [0.2, 0.25) is 15.9 Å². The number of nitrogens with zero attached hydrogens (tertiary/aromatic N) is 2. The van der Waals surface area contributed by atoms with Crippen LogP contribution in [0.1, 0.15) is 0 Å². The first kappa shape index (κ1) is 20.1. The molecule has 0 atom stereocenters. The van der Waals surface area contributed by atoms with Gasteiger partial charge >= 0.3 is 0 Å². The molecule has 146 valence electrons. The summed E-state index contributed by atoms with van der Waals surface area (Å²) < 4.78 is 37.9. The minimum Gasteiger partial charge on any atom is -0.495 e. The van der Waals surface area contributed by atoms with Crippen LogP contribution in [0.5, 0.6) is 11.6 Å². The van der Waals surface area contributed by atoms with Crippen LogP contribution in [0.3, 0.4) is 0 Å². The van der Waals surface area contributed by atoms with Gasteiger partial charge in [-0.15, -0.1) is 10.2 Å². The lowest BCUT2D eigenvalue weighted by molar-refractivity contribution is 0.307. The van der Waals surface area contributed by atoms with Crippen LogP contribution in [0.15, 0.2) is 65.6 Å². The standard InChI is InChI=1S/C19H18ClN3O4S/c1-26-17-9-7-15(20)13-18(17)28(24,25)21-11-12-27-19-10-8-16(22-23-19)14-5-3-2-4-6-14/h2-10,13,21H,11-12H2,1H3. The second kappa shape index (κ2) is 9.01. The highest BCUT2D eigenvalue weighted by atomic mass is 35.5. The van der Waals surface area contributed by atoms with E-state index in [1.807, 2.05) is 30.3 Å². The second-order valence-electron chi connectivity index (χ2n) is 5.66. The van der Waals surface area contributed by atoms with E-state index in [1.165, 1.54) is 19.2 Å². The molecule has 0 unspecified atom stereocenters. The summed E-state index contributed by atoms with van der Waals surface area (Å²) in [7, 11) is -2.41. The molecular weight excluding hydrogens is 402 g/mol. The highest BCUT2D eigenvalue weighted by molar-refractivity contribution is 7.89. The zero-order chi connectivity index (χ0) is 20.0. The summed E-state index contributed by atoms with van der Waals surface area (Å²) in [6.07, 6.45) is 0. The molecule has 3 aromatic rings. The fraction of sp³-hybridized carbons (Fsp3) is 0.158. The van der Waals surface area contributed by atoms with Gasteiger partial charge in [0.1, 0.15) is 17.3 Å². The first-order valence-corrected chi connectivity index (χ1v) is 10.2. The lowest BCUT2D eigenvalue weighted by atomic mass is 10.1. The average molecular weight is 420 g/mol. The molecule has 0 spiro atoms. The number of ether oxygens (including phenoxy) is 2. The maximum absolute atomic E-state index is 12.4. The number of methoxy groups -OCH3 is 1. The molecule has 0 saturated heterocycles. The quantitative estimate of drug-likeness (QED) is 0.564. The molecule has 0 aliphatic carbocycles. The molecule has 1 N–H and O–H groups in total. The predicted molar refractivity (Wildman–Crippen MR) is 106 cm³/mol. The first-order valence-electron chi connectivity index (χ1n) is 8.35. The van der Waals surface area contributed by atoms with Crippen LogP contribution < -0.4 is 14.2 Å². The van der Waals surface area contributed by atoms with Crippen molar-refractivity contribution in [1.82, 2.24) is 14.9 Å². The van der Waals surface area contributed by atoms with Crippen LogP contribution in [-0.4, -0.2) is 38.9 Å². The van der Waals surface area contributed by atoms with Gasteiger partial charge in [0, 0.05) is 23.2 Å². The molecule has 28 heavy (non-hydrogen) atoms. The zero-order valence-electron chi connectivity index (χ0n) is 15.0. The molecule has 3 rings (SSSR count). The van der Waals surface area contributed by atoms with Gasteiger partial charge in [-0.3, -0.25) is 0 Å². The SMILES string of the molecule is COc1ccc(Cl)cc1S(=O)(=O)NCCOc1ccc(-c2ccccc2)nn1. The van der Waals surface area contributed by atoms with Crippen LogP contribution in [0.25, 0.3) is 11.3 Å². The zero-order valence-corrected chi connectivity index (χ0v) is 16.6. The smallest absolute Gasteiger partial charge is 0.244 e. The Bertz CT molecular complexity index is 1030. The summed E-state index contributed by atoms with van der Waals surface area (Å²) >= 11 is 5.89. The van der Waals surface area contributed by atoms with Crippen molar-refractivity contribution >= 4 is 21.6 Å². The Hall–Kier alpha value is -2.68. The Morgan fingerprint density at radius 2 is 1.82 bits per heavy atom. The summed E-state index contributed by atoms with van der Waals surface area (Å²) in [4.78, 5) is -0.0329. The van der Waals surface area contributed by atoms with Gasteiger partial charge in [0.15, 0.2) is 0 Å². The van der Waals surface area contributed by atoms with E-state index in [-0.39, 0.29) is 23.8 Å². The first-order chi connectivity index (χ1) is 13.5.